The molecule has 116 valence electrons. The number of urea groups is 1. The number of carbonyl (C=O) groups excluding carboxylic acids is 1. The number of amides is 2. The molecule has 0 atom stereocenters. The second kappa shape index (κ2) is 7.40. The summed E-state index contributed by atoms with van der Waals surface area (Å²) in [7, 11) is 3.56. The zero-order chi connectivity index (χ0) is 15.9. The third-order valence-corrected chi connectivity index (χ3v) is 3.12. The summed E-state index contributed by atoms with van der Waals surface area (Å²) in [6.07, 6.45) is 3.37. The summed E-state index contributed by atoms with van der Waals surface area (Å²) in [6.45, 7) is 0.664. The average molecular weight is 302 g/mol. The van der Waals surface area contributed by atoms with Crippen LogP contribution in [0.4, 0.5) is 14.9 Å². The number of nitrogens with one attached hydrogen (secondary N) is 2. The van der Waals surface area contributed by atoms with E-state index in [9.17, 15) is 9.18 Å². The third-order valence-electron chi connectivity index (χ3n) is 3.12. The molecule has 0 spiro atoms. The van der Waals surface area contributed by atoms with Gasteiger partial charge in [0.2, 0.25) is 0 Å². The highest BCUT2D eigenvalue weighted by Crippen LogP contribution is 2.18. The van der Waals surface area contributed by atoms with Crippen LogP contribution in [0.1, 0.15) is 11.1 Å². The fourth-order valence-corrected chi connectivity index (χ4v) is 1.95. The highest BCUT2D eigenvalue weighted by molar-refractivity contribution is 5.73. The third kappa shape index (κ3) is 4.44. The Morgan fingerprint density at radius 1 is 1.18 bits per heavy atom. The van der Waals surface area contributed by atoms with Gasteiger partial charge in [0, 0.05) is 39.6 Å². The van der Waals surface area contributed by atoms with Crippen molar-refractivity contribution in [1.29, 1.82) is 0 Å². The first-order valence-corrected chi connectivity index (χ1v) is 6.92. The lowest BCUT2D eigenvalue weighted by Gasteiger charge is -2.14. The molecule has 2 N–H and O–H groups in total. The first kappa shape index (κ1) is 15.8. The van der Waals surface area contributed by atoms with Gasteiger partial charge in [0.05, 0.1) is 5.69 Å². The van der Waals surface area contributed by atoms with Gasteiger partial charge in [-0.05, 0) is 29.3 Å². The Labute approximate surface area is 129 Å². The van der Waals surface area contributed by atoms with Gasteiger partial charge >= 0.3 is 6.03 Å². The van der Waals surface area contributed by atoms with Crippen LogP contribution in [0.15, 0.2) is 42.7 Å². The molecule has 0 fully saturated rings. The van der Waals surface area contributed by atoms with Crippen LogP contribution in [-0.2, 0) is 13.1 Å². The lowest BCUT2D eigenvalue weighted by molar-refractivity contribution is 0.240. The zero-order valence-electron chi connectivity index (χ0n) is 12.6. The Kier molecular flexibility index (Phi) is 5.30. The largest absolute Gasteiger partial charge is 0.375 e. The predicted molar refractivity (Wildman–Crippen MR) is 84.0 cm³/mol. The van der Waals surface area contributed by atoms with Crippen LogP contribution in [-0.4, -0.2) is 25.1 Å². The number of carbonyl (C=O) groups is 1. The van der Waals surface area contributed by atoms with Gasteiger partial charge in [-0.3, -0.25) is 4.98 Å². The zero-order valence-corrected chi connectivity index (χ0v) is 12.6. The molecular weight excluding hydrogens is 283 g/mol. The monoisotopic (exact) mass is 302 g/mol. The molecule has 0 saturated carbocycles. The molecule has 0 aliphatic rings. The van der Waals surface area contributed by atoms with E-state index in [1.165, 1.54) is 6.07 Å². The van der Waals surface area contributed by atoms with Crippen molar-refractivity contribution in [2.75, 3.05) is 19.0 Å². The van der Waals surface area contributed by atoms with Gasteiger partial charge in [-0.2, -0.15) is 0 Å². The molecule has 2 amide bonds. The summed E-state index contributed by atoms with van der Waals surface area (Å²) in [4.78, 5) is 17.4. The quantitative estimate of drug-likeness (QED) is 0.891. The molecule has 1 heterocycles. The number of aromatic nitrogens is 1. The van der Waals surface area contributed by atoms with Crippen LogP contribution in [0.2, 0.25) is 0 Å². The van der Waals surface area contributed by atoms with Crippen molar-refractivity contribution in [2.45, 2.75) is 13.1 Å². The minimum atomic E-state index is -0.305. The molecule has 0 saturated heterocycles. The molecule has 0 radical (unpaired) electrons. The van der Waals surface area contributed by atoms with Gasteiger partial charge in [-0.15, -0.1) is 0 Å². The predicted octanol–water partition coefficient (Wildman–Crippen LogP) is 2.29. The minimum Gasteiger partial charge on any atom is -0.375 e. The summed E-state index contributed by atoms with van der Waals surface area (Å²) >= 11 is 0. The molecular formula is C16H19FN4O. The van der Waals surface area contributed by atoms with Crippen molar-refractivity contribution in [1.82, 2.24) is 15.6 Å². The van der Waals surface area contributed by atoms with E-state index in [1.54, 1.807) is 43.5 Å². The molecule has 0 aliphatic carbocycles. The maximum absolute atomic E-state index is 13.8. The Morgan fingerprint density at radius 2 is 1.91 bits per heavy atom. The van der Waals surface area contributed by atoms with E-state index in [4.69, 9.17) is 0 Å². The molecule has 22 heavy (non-hydrogen) atoms. The molecule has 6 heteroatoms. The van der Waals surface area contributed by atoms with E-state index in [0.717, 1.165) is 5.56 Å². The van der Waals surface area contributed by atoms with Crippen molar-refractivity contribution < 1.29 is 9.18 Å². The maximum atomic E-state index is 13.8. The van der Waals surface area contributed by atoms with E-state index < -0.39 is 0 Å². The molecule has 1 aromatic heterocycles. The van der Waals surface area contributed by atoms with Crippen LogP contribution in [0.5, 0.6) is 0 Å². The number of hydrogen-bond donors (Lipinski definition) is 2. The smallest absolute Gasteiger partial charge is 0.315 e. The molecule has 2 rings (SSSR count). The number of benzene rings is 1. The molecule has 0 aliphatic heterocycles. The van der Waals surface area contributed by atoms with Gasteiger partial charge in [-0.25, -0.2) is 9.18 Å². The number of nitrogens with zero attached hydrogens (tertiary/aromatic N) is 2. The lowest BCUT2D eigenvalue weighted by atomic mass is 10.2. The normalized spacial score (nSPS) is 10.1. The second-order valence-electron chi connectivity index (χ2n) is 5.08. The molecule has 5 nitrogen and oxygen atoms in total. The van der Waals surface area contributed by atoms with Crippen LogP contribution in [0.3, 0.4) is 0 Å². The summed E-state index contributed by atoms with van der Waals surface area (Å²) in [5, 5.41) is 5.42. The fourth-order valence-electron chi connectivity index (χ4n) is 1.95. The average Bonchev–Trinajstić information content (AvgIpc) is 2.51. The summed E-state index contributed by atoms with van der Waals surface area (Å²) in [5.74, 6) is -0.305. The summed E-state index contributed by atoms with van der Waals surface area (Å²) in [6, 6.07) is 8.30. The van der Waals surface area contributed by atoms with Crippen molar-refractivity contribution in [3.63, 3.8) is 0 Å². The van der Waals surface area contributed by atoms with Crippen molar-refractivity contribution in [3.8, 4) is 0 Å². The van der Waals surface area contributed by atoms with E-state index in [0.29, 0.717) is 17.8 Å². The number of anilines is 1. The number of hydrogen-bond acceptors (Lipinski definition) is 3. The minimum absolute atomic E-state index is 0.267. The first-order chi connectivity index (χ1) is 10.6. The highest BCUT2D eigenvalue weighted by atomic mass is 19.1. The van der Waals surface area contributed by atoms with Gasteiger partial charge < -0.3 is 15.5 Å². The molecule has 1 aromatic carbocycles. The van der Waals surface area contributed by atoms with E-state index >= 15 is 0 Å². The van der Waals surface area contributed by atoms with Gasteiger partial charge in [0.25, 0.3) is 0 Å². The lowest BCUT2D eigenvalue weighted by Crippen LogP contribution is -2.34. The van der Waals surface area contributed by atoms with E-state index in [1.807, 2.05) is 12.1 Å². The standard InChI is InChI=1S/C16H19FN4O/c1-21(2)15-6-5-12(8-14(15)17)10-19-16(22)20-11-13-4-3-7-18-9-13/h3-9H,10-11H2,1-2H3,(H2,19,20,22). The van der Waals surface area contributed by atoms with Gasteiger partial charge in [0.1, 0.15) is 5.82 Å². The number of pyridine rings is 1. The summed E-state index contributed by atoms with van der Waals surface area (Å²) < 4.78 is 13.8. The van der Waals surface area contributed by atoms with Crippen LogP contribution in [0.25, 0.3) is 0 Å². The maximum Gasteiger partial charge on any atom is 0.315 e. The fraction of sp³-hybridized carbons (Fsp3) is 0.250. The first-order valence-electron chi connectivity index (χ1n) is 6.92. The molecule has 0 unspecified atom stereocenters. The Bertz CT molecular complexity index is 631. The van der Waals surface area contributed by atoms with Gasteiger partial charge in [-0.1, -0.05) is 12.1 Å². The molecule has 0 bridgehead atoms. The van der Waals surface area contributed by atoms with Crippen molar-refractivity contribution >= 4 is 11.7 Å². The Hall–Kier alpha value is -2.63. The highest BCUT2D eigenvalue weighted by Gasteiger charge is 2.06. The number of rotatable bonds is 5. The van der Waals surface area contributed by atoms with E-state index in [2.05, 4.69) is 15.6 Å². The van der Waals surface area contributed by atoms with Gasteiger partial charge in [0.15, 0.2) is 0 Å². The van der Waals surface area contributed by atoms with Crippen LogP contribution >= 0.6 is 0 Å². The van der Waals surface area contributed by atoms with E-state index in [-0.39, 0.29) is 18.4 Å². The SMILES string of the molecule is CN(C)c1ccc(CNC(=O)NCc2cccnc2)cc1F. The van der Waals surface area contributed by atoms with Crippen molar-refractivity contribution in [3.05, 3.63) is 59.7 Å². The Morgan fingerprint density at radius 3 is 2.50 bits per heavy atom. The van der Waals surface area contributed by atoms with Crippen LogP contribution < -0.4 is 15.5 Å². The topological polar surface area (TPSA) is 57.3 Å². The summed E-state index contributed by atoms with van der Waals surface area (Å²) in [5.41, 5.74) is 2.14. The number of halogens is 1. The molecule has 2 aromatic rings. The van der Waals surface area contributed by atoms with Crippen LogP contribution in [0, 0.1) is 5.82 Å². The Balaban J connectivity index is 1.82. The van der Waals surface area contributed by atoms with Crippen molar-refractivity contribution in [2.24, 2.45) is 0 Å². The second-order valence-corrected chi connectivity index (χ2v) is 5.08.